The van der Waals surface area contributed by atoms with Gasteiger partial charge in [0, 0.05) is 19.4 Å². The molecule has 0 fully saturated rings. The third-order valence-electron chi connectivity index (χ3n) is 2.99. The zero-order valence-corrected chi connectivity index (χ0v) is 12.3. The Morgan fingerprint density at radius 3 is 2.59 bits per heavy atom. The molecule has 0 radical (unpaired) electrons. The molecule has 0 spiro atoms. The Hall–Kier alpha value is -1.80. The summed E-state index contributed by atoms with van der Waals surface area (Å²) in [5.74, 6) is 0. The Balaban J connectivity index is 2.76. The largest absolute Gasteiger partial charge is 0.416 e. The van der Waals surface area contributed by atoms with Gasteiger partial charge in [-0.2, -0.15) is 13.2 Å². The molecule has 1 aromatic rings. The molecule has 0 aliphatic carbocycles. The van der Waals surface area contributed by atoms with Crippen molar-refractivity contribution in [3.63, 3.8) is 0 Å². The molecule has 8 heteroatoms. The van der Waals surface area contributed by atoms with Crippen LogP contribution in [0, 0.1) is 0 Å². The molecule has 1 atom stereocenters. The lowest BCUT2D eigenvalue weighted by Gasteiger charge is -2.29. The van der Waals surface area contributed by atoms with Gasteiger partial charge >= 0.3 is 12.2 Å². The summed E-state index contributed by atoms with van der Waals surface area (Å²) in [6.07, 6.45) is -4.23. The van der Waals surface area contributed by atoms with Gasteiger partial charge in [-0.3, -0.25) is 0 Å². The minimum Gasteiger partial charge on any atom is -0.396 e. The van der Waals surface area contributed by atoms with Crippen LogP contribution in [0.3, 0.4) is 0 Å². The van der Waals surface area contributed by atoms with E-state index in [1.54, 1.807) is 6.92 Å². The summed E-state index contributed by atoms with van der Waals surface area (Å²) in [7, 11) is 1.45. The van der Waals surface area contributed by atoms with E-state index >= 15 is 0 Å². The number of anilines is 1. The molecule has 0 heterocycles. The Morgan fingerprint density at radius 1 is 1.36 bits per heavy atom. The molecule has 1 rings (SSSR count). The zero-order valence-electron chi connectivity index (χ0n) is 12.3. The topological polar surface area (TPSA) is 70.6 Å². The Kier molecular flexibility index (Phi) is 6.19. The standard InChI is InChI=1S/C14H19F3N2O3/c1-13(6-7-20,9-22-2)19-12(21)18-11-5-3-4-10(8-11)14(15,16)17/h3-5,8,20H,6-7,9H2,1-2H3,(H2,18,19,21). The number of carbonyl (C=O) groups excluding carboxylic acids is 1. The lowest BCUT2D eigenvalue weighted by molar-refractivity contribution is -0.137. The van der Waals surface area contributed by atoms with Gasteiger partial charge in [0.15, 0.2) is 0 Å². The van der Waals surface area contributed by atoms with E-state index in [4.69, 9.17) is 9.84 Å². The van der Waals surface area contributed by atoms with Crippen LogP contribution in [-0.2, 0) is 10.9 Å². The molecule has 0 aromatic heterocycles. The molecule has 1 unspecified atom stereocenters. The quantitative estimate of drug-likeness (QED) is 0.754. The monoisotopic (exact) mass is 320 g/mol. The molecule has 0 saturated heterocycles. The number of hydrogen-bond donors (Lipinski definition) is 3. The highest BCUT2D eigenvalue weighted by Gasteiger charge is 2.31. The Bertz CT molecular complexity index is 500. The van der Waals surface area contributed by atoms with E-state index in [9.17, 15) is 18.0 Å². The number of rotatable bonds is 6. The lowest BCUT2D eigenvalue weighted by atomic mass is 10.00. The van der Waals surface area contributed by atoms with Crippen LogP contribution >= 0.6 is 0 Å². The van der Waals surface area contributed by atoms with Crippen LogP contribution in [0.25, 0.3) is 0 Å². The van der Waals surface area contributed by atoms with Crippen molar-refractivity contribution in [2.75, 3.05) is 25.6 Å². The van der Waals surface area contributed by atoms with Gasteiger partial charge in [-0.25, -0.2) is 4.79 Å². The molecular formula is C14H19F3N2O3. The average molecular weight is 320 g/mol. The third-order valence-corrected chi connectivity index (χ3v) is 2.99. The van der Waals surface area contributed by atoms with Crippen molar-refractivity contribution in [3.8, 4) is 0 Å². The number of ether oxygens (including phenoxy) is 1. The van der Waals surface area contributed by atoms with Crippen LogP contribution in [0.1, 0.15) is 18.9 Å². The number of methoxy groups -OCH3 is 1. The van der Waals surface area contributed by atoms with Gasteiger partial charge in [0.2, 0.25) is 0 Å². The van der Waals surface area contributed by atoms with Crippen LogP contribution in [0.5, 0.6) is 0 Å². The third kappa shape index (κ3) is 5.53. The fourth-order valence-corrected chi connectivity index (χ4v) is 1.95. The van der Waals surface area contributed by atoms with Crippen LogP contribution in [0.15, 0.2) is 24.3 Å². The van der Waals surface area contributed by atoms with Crippen molar-refractivity contribution >= 4 is 11.7 Å². The number of hydrogen-bond acceptors (Lipinski definition) is 3. The van der Waals surface area contributed by atoms with Crippen molar-refractivity contribution in [3.05, 3.63) is 29.8 Å². The minimum atomic E-state index is -4.48. The second-order valence-electron chi connectivity index (χ2n) is 5.12. The molecular weight excluding hydrogens is 301 g/mol. The van der Waals surface area contributed by atoms with Crippen LogP contribution in [0.4, 0.5) is 23.7 Å². The summed E-state index contributed by atoms with van der Waals surface area (Å²) in [6, 6.07) is 3.66. The van der Waals surface area contributed by atoms with Gasteiger partial charge in [0.1, 0.15) is 0 Å². The fraction of sp³-hybridized carbons (Fsp3) is 0.500. The summed E-state index contributed by atoms with van der Waals surface area (Å²) in [5, 5.41) is 13.9. The predicted octanol–water partition coefficient (Wildman–Crippen LogP) is 2.61. The number of benzene rings is 1. The first-order chi connectivity index (χ1) is 10.2. The van der Waals surface area contributed by atoms with E-state index in [2.05, 4.69) is 10.6 Å². The van der Waals surface area contributed by atoms with Crippen LogP contribution in [0.2, 0.25) is 0 Å². The van der Waals surface area contributed by atoms with Crippen molar-refractivity contribution in [1.82, 2.24) is 5.32 Å². The van der Waals surface area contributed by atoms with E-state index in [-0.39, 0.29) is 25.3 Å². The Labute approximate surface area is 126 Å². The normalized spacial score (nSPS) is 14.3. The fourth-order valence-electron chi connectivity index (χ4n) is 1.95. The van der Waals surface area contributed by atoms with Crippen molar-refractivity contribution in [1.29, 1.82) is 0 Å². The summed E-state index contributed by atoms with van der Waals surface area (Å²) in [5.41, 5.74) is -1.65. The highest BCUT2D eigenvalue weighted by atomic mass is 19.4. The highest BCUT2D eigenvalue weighted by molar-refractivity contribution is 5.89. The number of alkyl halides is 3. The van der Waals surface area contributed by atoms with Gasteiger partial charge in [-0.1, -0.05) is 6.07 Å². The predicted molar refractivity (Wildman–Crippen MR) is 75.6 cm³/mol. The van der Waals surface area contributed by atoms with Gasteiger partial charge in [-0.05, 0) is 31.5 Å². The maximum Gasteiger partial charge on any atom is 0.416 e. The number of nitrogens with one attached hydrogen (secondary N) is 2. The zero-order chi connectivity index (χ0) is 16.8. The number of aliphatic hydroxyl groups excluding tert-OH is 1. The van der Waals surface area contributed by atoms with Gasteiger partial charge in [-0.15, -0.1) is 0 Å². The molecule has 2 amide bonds. The SMILES string of the molecule is COCC(C)(CCO)NC(=O)Nc1cccc(C(F)(F)F)c1. The lowest BCUT2D eigenvalue weighted by Crippen LogP contribution is -2.51. The first kappa shape index (κ1) is 18.2. The second kappa shape index (κ2) is 7.46. The van der Waals surface area contributed by atoms with Crippen LogP contribution in [-0.4, -0.2) is 37.0 Å². The highest BCUT2D eigenvalue weighted by Crippen LogP contribution is 2.30. The van der Waals surface area contributed by atoms with Crippen molar-refractivity contribution in [2.45, 2.75) is 25.1 Å². The van der Waals surface area contributed by atoms with Gasteiger partial charge < -0.3 is 20.5 Å². The molecule has 0 bridgehead atoms. The van der Waals surface area contributed by atoms with Gasteiger partial charge in [0.25, 0.3) is 0 Å². The Morgan fingerprint density at radius 2 is 2.05 bits per heavy atom. The number of carbonyl (C=O) groups is 1. The van der Waals surface area contributed by atoms with E-state index in [1.807, 2.05) is 0 Å². The molecule has 1 aromatic carbocycles. The average Bonchev–Trinajstić information content (AvgIpc) is 2.37. The first-order valence-electron chi connectivity index (χ1n) is 6.56. The summed E-state index contributed by atoms with van der Waals surface area (Å²) in [4.78, 5) is 11.9. The summed E-state index contributed by atoms with van der Waals surface area (Å²) in [6.45, 7) is 1.66. The number of amides is 2. The smallest absolute Gasteiger partial charge is 0.396 e. The van der Waals surface area contributed by atoms with Gasteiger partial charge in [0.05, 0.1) is 17.7 Å². The number of urea groups is 1. The molecule has 0 saturated carbocycles. The maximum atomic E-state index is 12.6. The molecule has 22 heavy (non-hydrogen) atoms. The minimum absolute atomic E-state index is 0.0242. The first-order valence-corrected chi connectivity index (χ1v) is 6.56. The maximum absolute atomic E-state index is 12.6. The van der Waals surface area contributed by atoms with E-state index < -0.39 is 23.3 Å². The number of aliphatic hydroxyl groups is 1. The van der Waals surface area contributed by atoms with E-state index in [0.717, 1.165) is 12.1 Å². The summed E-state index contributed by atoms with van der Waals surface area (Å²) < 4.78 is 42.8. The second-order valence-corrected chi connectivity index (χ2v) is 5.12. The van der Waals surface area contributed by atoms with Crippen molar-refractivity contribution < 1.29 is 27.8 Å². The van der Waals surface area contributed by atoms with Crippen LogP contribution < -0.4 is 10.6 Å². The van der Waals surface area contributed by atoms with E-state index in [1.165, 1.54) is 19.2 Å². The number of halogens is 3. The van der Waals surface area contributed by atoms with Crippen molar-refractivity contribution in [2.24, 2.45) is 0 Å². The molecule has 124 valence electrons. The summed E-state index contributed by atoms with van der Waals surface area (Å²) >= 11 is 0. The molecule has 5 nitrogen and oxygen atoms in total. The molecule has 3 N–H and O–H groups in total. The molecule has 0 aliphatic rings. The van der Waals surface area contributed by atoms with E-state index in [0.29, 0.717) is 0 Å². The molecule has 0 aliphatic heterocycles.